The summed E-state index contributed by atoms with van der Waals surface area (Å²) < 4.78 is 13.2. The minimum atomic E-state index is -0.421. The van der Waals surface area contributed by atoms with Crippen LogP contribution in [-0.2, 0) is 0 Å². The number of thioether (sulfide) groups is 1. The molecule has 1 nitrogen and oxygen atoms in total. The Hall–Kier alpha value is -1.01. The van der Waals surface area contributed by atoms with Crippen molar-refractivity contribution in [2.45, 2.75) is 18.7 Å². The normalized spacial score (nSPS) is 9.77. The van der Waals surface area contributed by atoms with Crippen LogP contribution in [-0.4, -0.2) is 6.26 Å². The van der Waals surface area contributed by atoms with Gasteiger partial charge >= 0.3 is 0 Å². The third kappa shape index (κ3) is 1.68. The van der Waals surface area contributed by atoms with E-state index in [0.717, 1.165) is 16.0 Å². The van der Waals surface area contributed by atoms with Crippen LogP contribution < -0.4 is 0 Å². The van der Waals surface area contributed by atoms with Gasteiger partial charge in [0, 0.05) is 4.90 Å². The third-order valence-corrected chi connectivity index (χ3v) is 3.00. The Morgan fingerprint density at radius 1 is 1.38 bits per heavy atom. The van der Waals surface area contributed by atoms with Gasteiger partial charge in [-0.2, -0.15) is 5.26 Å². The molecule has 0 radical (unpaired) electrons. The van der Waals surface area contributed by atoms with Crippen molar-refractivity contribution < 1.29 is 4.39 Å². The summed E-state index contributed by atoms with van der Waals surface area (Å²) in [5, 5.41) is 8.69. The lowest BCUT2D eigenvalue weighted by molar-refractivity contribution is 0.617. The van der Waals surface area contributed by atoms with Crippen molar-refractivity contribution >= 4 is 11.8 Å². The Morgan fingerprint density at radius 2 is 2.00 bits per heavy atom. The Morgan fingerprint density at radius 3 is 2.46 bits per heavy atom. The molecule has 0 N–H and O–H groups in total. The molecule has 13 heavy (non-hydrogen) atoms. The van der Waals surface area contributed by atoms with E-state index in [-0.39, 0.29) is 5.56 Å². The summed E-state index contributed by atoms with van der Waals surface area (Å²) in [6, 6.07) is 3.29. The fourth-order valence-electron chi connectivity index (χ4n) is 1.20. The number of nitrogens with zero attached hydrogens (tertiary/aromatic N) is 1. The lowest BCUT2D eigenvalue weighted by Crippen LogP contribution is -1.94. The summed E-state index contributed by atoms with van der Waals surface area (Å²) in [5.41, 5.74) is 1.90. The molecule has 0 aliphatic heterocycles. The largest absolute Gasteiger partial charge is 0.205 e. The minimum absolute atomic E-state index is 0.162. The highest BCUT2D eigenvalue weighted by Gasteiger charge is 2.11. The summed E-state index contributed by atoms with van der Waals surface area (Å²) in [6.07, 6.45) is 1.90. The standard InChI is InChI=1S/C10H10FNS/c1-6-7(2)10(13-3)4-9(11)8(6)5-12/h4H,1-3H3. The van der Waals surface area contributed by atoms with Gasteiger partial charge in [0.2, 0.25) is 0 Å². The highest BCUT2D eigenvalue weighted by atomic mass is 32.2. The molecule has 0 amide bonds. The van der Waals surface area contributed by atoms with Crippen molar-refractivity contribution in [1.29, 1.82) is 5.26 Å². The molecule has 0 atom stereocenters. The first-order chi connectivity index (χ1) is 6.11. The fourth-order valence-corrected chi connectivity index (χ4v) is 1.88. The van der Waals surface area contributed by atoms with Crippen LogP contribution in [0.15, 0.2) is 11.0 Å². The Bertz CT molecular complexity index is 379. The van der Waals surface area contributed by atoms with Gasteiger partial charge in [0.25, 0.3) is 0 Å². The van der Waals surface area contributed by atoms with Crippen molar-refractivity contribution in [2.75, 3.05) is 6.26 Å². The van der Waals surface area contributed by atoms with E-state index in [2.05, 4.69) is 0 Å². The lowest BCUT2D eigenvalue weighted by Gasteiger charge is -2.08. The Kier molecular flexibility index (Phi) is 2.94. The van der Waals surface area contributed by atoms with E-state index in [1.54, 1.807) is 6.92 Å². The first-order valence-electron chi connectivity index (χ1n) is 3.85. The predicted octanol–water partition coefficient (Wildman–Crippen LogP) is 3.04. The van der Waals surface area contributed by atoms with Gasteiger partial charge in [0.15, 0.2) is 0 Å². The van der Waals surface area contributed by atoms with Gasteiger partial charge < -0.3 is 0 Å². The van der Waals surface area contributed by atoms with E-state index in [9.17, 15) is 4.39 Å². The summed E-state index contributed by atoms with van der Waals surface area (Å²) in [4.78, 5) is 0.897. The molecule has 0 aliphatic carbocycles. The van der Waals surface area contributed by atoms with Gasteiger partial charge in [-0.1, -0.05) is 0 Å². The molecule has 0 bridgehead atoms. The van der Waals surface area contributed by atoms with Crippen LogP contribution in [0, 0.1) is 31.0 Å². The Balaban J connectivity index is 3.48. The molecule has 0 heterocycles. The molecular formula is C10H10FNS. The van der Waals surface area contributed by atoms with Crippen molar-refractivity contribution in [1.82, 2.24) is 0 Å². The first kappa shape index (κ1) is 10.1. The molecule has 1 aromatic rings. The molecule has 0 fully saturated rings. The van der Waals surface area contributed by atoms with Crippen LogP contribution in [0.3, 0.4) is 0 Å². The van der Waals surface area contributed by atoms with Gasteiger partial charge in [-0.15, -0.1) is 11.8 Å². The Labute approximate surface area is 81.6 Å². The van der Waals surface area contributed by atoms with E-state index in [4.69, 9.17) is 5.26 Å². The second-order valence-electron chi connectivity index (χ2n) is 2.80. The van der Waals surface area contributed by atoms with Gasteiger partial charge in [-0.3, -0.25) is 0 Å². The van der Waals surface area contributed by atoms with Crippen LogP contribution in [0.25, 0.3) is 0 Å². The van der Waals surface area contributed by atoms with Crippen LogP contribution in [0.1, 0.15) is 16.7 Å². The molecule has 68 valence electrons. The number of hydrogen-bond donors (Lipinski definition) is 0. The van der Waals surface area contributed by atoms with Crippen molar-refractivity contribution in [3.8, 4) is 6.07 Å². The van der Waals surface area contributed by atoms with Crippen LogP contribution in [0.4, 0.5) is 4.39 Å². The number of benzene rings is 1. The van der Waals surface area contributed by atoms with E-state index in [1.165, 1.54) is 17.8 Å². The van der Waals surface area contributed by atoms with Crippen molar-refractivity contribution in [3.05, 3.63) is 28.6 Å². The molecule has 3 heteroatoms. The number of hydrogen-bond acceptors (Lipinski definition) is 2. The van der Waals surface area contributed by atoms with Gasteiger partial charge in [-0.05, 0) is 37.3 Å². The van der Waals surface area contributed by atoms with E-state index in [0.29, 0.717) is 0 Å². The average Bonchev–Trinajstić information content (AvgIpc) is 2.12. The smallest absolute Gasteiger partial charge is 0.142 e. The molecule has 0 spiro atoms. The van der Waals surface area contributed by atoms with E-state index >= 15 is 0 Å². The van der Waals surface area contributed by atoms with Gasteiger partial charge in [-0.25, -0.2) is 4.39 Å². The molecule has 0 aromatic heterocycles. The first-order valence-corrected chi connectivity index (χ1v) is 5.08. The van der Waals surface area contributed by atoms with E-state index in [1.807, 2.05) is 19.2 Å². The molecule has 0 saturated heterocycles. The topological polar surface area (TPSA) is 23.8 Å². The molecule has 1 aromatic carbocycles. The number of nitriles is 1. The minimum Gasteiger partial charge on any atom is -0.205 e. The number of rotatable bonds is 1. The average molecular weight is 195 g/mol. The maximum absolute atomic E-state index is 13.2. The summed E-state index contributed by atoms with van der Waals surface area (Å²) in [5.74, 6) is -0.421. The summed E-state index contributed by atoms with van der Waals surface area (Å²) >= 11 is 1.49. The maximum atomic E-state index is 13.2. The number of halogens is 1. The monoisotopic (exact) mass is 195 g/mol. The SMILES string of the molecule is CSc1cc(F)c(C#N)c(C)c1C. The predicted molar refractivity (Wildman–Crippen MR) is 52.4 cm³/mol. The second-order valence-corrected chi connectivity index (χ2v) is 3.65. The van der Waals surface area contributed by atoms with Gasteiger partial charge in [0.05, 0.1) is 5.56 Å². The maximum Gasteiger partial charge on any atom is 0.142 e. The van der Waals surface area contributed by atoms with Crippen molar-refractivity contribution in [2.24, 2.45) is 0 Å². The zero-order valence-corrected chi connectivity index (χ0v) is 8.63. The second kappa shape index (κ2) is 3.80. The molecule has 0 aliphatic rings. The highest BCUT2D eigenvalue weighted by molar-refractivity contribution is 7.98. The van der Waals surface area contributed by atoms with Crippen molar-refractivity contribution in [3.63, 3.8) is 0 Å². The molecule has 0 unspecified atom stereocenters. The quantitative estimate of drug-likeness (QED) is 0.643. The highest BCUT2D eigenvalue weighted by Crippen LogP contribution is 2.26. The van der Waals surface area contributed by atoms with Crippen LogP contribution in [0.5, 0.6) is 0 Å². The van der Waals surface area contributed by atoms with Crippen LogP contribution >= 0.6 is 11.8 Å². The molecular weight excluding hydrogens is 185 g/mol. The molecule has 1 rings (SSSR count). The van der Waals surface area contributed by atoms with Crippen LogP contribution in [0.2, 0.25) is 0 Å². The zero-order valence-electron chi connectivity index (χ0n) is 7.81. The zero-order chi connectivity index (χ0) is 10.0. The summed E-state index contributed by atoms with van der Waals surface area (Å²) in [7, 11) is 0. The van der Waals surface area contributed by atoms with E-state index < -0.39 is 5.82 Å². The summed E-state index contributed by atoms with van der Waals surface area (Å²) in [6.45, 7) is 3.68. The third-order valence-electron chi connectivity index (χ3n) is 2.14. The lowest BCUT2D eigenvalue weighted by atomic mass is 10.0. The fraction of sp³-hybridized carbons (Fsp3) is 0.300. The van der Waals surface area contributed by atoms with Gasteiger partial charge in [0.1, 0.15) is 11.9 Å². The molecule has 0 saturated carbocycles.